The average molecular weight is 219 g/mol. The van der Waals surface area contributed by atoms with Gasteiger partial charge < -0.3 is 0 Å². The van der Waals surface area contributed by atoms with Crippen LogP contribution < -0.4 is 0 Å². The van der Waals surface area contributed by atoms with E-state index in [2.05, 4.69) is 4.98 Å². The standard InChI is InChI=1S/C13H11F2N/c1-9-4-5-16-8-11(9)6-10-2-3-12(14)13(15)7-10/h2-5,7-8H,6H2,1H3. The second kappa shape index (κ2) is 4.39. The third kappa shape index (κ3) is 2.24. The van der Waals surface area contributed by atoms with E-state index >= 15 is 0 Å². The minimum atomic E-state index is -0.813. The molecule has 0 aliphatic carbocycles. The zero-order valence-electron chi connectivity index (χ0n) is 8.87. The Morgan fingerprint density at radius 3 is 2.62 bits per heavy atom. The highest BCUT2D eigenvalue weighted by Crippen LogP contribution is 2.15. The summed E-state index contributed by atoms with van der Waals surface area (Å²) in [6.07, 6.45) is 4.03. The molecular weight excluding hydrogens is 208 g/mol. The van der Waals surface area contributed by atoms with Crippen molar-refractivity contribution in [1.29, 1.82) is 0 Å². The Morgan fingerprint density at radius 2 is 1.94 bits per heavy atom. The summed E-state index contributed by atoms with van der Waals surface area (Å²) in [6.45, 7) is 1.97. The Balaban J connectivity index is 2.28. The zero-order chi connectivity index (χ0) is 11.5. The average Bonchev–Trinajstić information content (AvgIpc) is 2.27. The number of halogens is 2. The minimum Gasteiger partial charge on any atom is -0.264 e. The van der Waals surface area contributed by atoms with Crippen LogP contribution in [0.25, 0.3) is 0 Å². The van der Waals surface area contributed by atoms with E-state index in [1.54, 1.807) is 18.5 Å². The smallest absolute Gasteiger partial charge is 0.159 e. The lowest BCUT2D eigenvalue weighted by atomic mass is 10.0. The molecule has 0 amide bonds. The van der Waals surface area contributed by atoms with E-state index in [-0.39, 0.29) is 0 Å². The molecule has 0 aliphatic rings. The lowest BCUT2D eigenvalue weighted by Gasteiger charge is -2.05. The van der Waals surface area contributed by atoms with Crippen LogP contribution in [0.4, 0.5) is 8.78 Å². The van der Waals surface area contributed by atoms with Crippen LogP contribution in [0.3, 0.4) is 0 Å². The van der Waals surface area contributed by atoms with Gasteiger partial charge in [-0.25, -0.2) is 8.78 Å². The molecule has 0 N–H and O–H groups in total. The fraction of sp³-hybridized carbons (Fsp3) is 0.154. The Bertz CT molecular complexity index is 509. The number of pyridine rings is 1. The number of nitrogens with zero attached hydrogens (tertiary/aromatic N) is 1. The van der Waals surface area contributed by atoms with Crippen LogP contribution >= 0.6 is 0 Å². The Kier molecular flexibility index (Phi) is 2.95. The Labute approximate surface area is 92.8 Å². The first kappa shape index (κ1) is 10.7. The summed E-state index contributed by atoms with van der Waals surface area (Å²) in [5, 5.41) is 0. The van der Waals surface area contributed by atoms with Gasteiger partial charge in [0.2, 0.25) is 0 Å². The maximum atomic E-state index is 13.0. The second-order valence-corrected chi connectivity index (χ2v) is 3.73. The van der Waals surface area contributed by atoms with Crippen LogP contribution in [0.1, 0.15) is 16.7 Å². The van der Waals surface area contributed by atoms with Crippen molar-refractivity contribution < 1.29 is 8.78 Å². The molecule has 0 saturated carbocycles. The van der Waals surface area contributed by atoms with Gasteiger partial charge in [-0.15, -0.1) is 0 Å². The molecule has 0 atom stereocenters. The predicted molar refractivity (Wildman–Crippen MR) is 58.1 cm³/mol. The summed E-state index contributed by atoms with van der Waals surface area (Å²) in [6, 6.07) is 5.86. The van der Waals surface area contributed by atoms with Gasteiger partial charge >= 0.3 is 0 Å². The fourth-order valence-electron chi connectivity index (χ4n) is 1.55. The van der Waals surface area contributed by atoms with Gasteiger partial charge in [0.15, 0.2) is 11.6 Å². The molecule has 2 aromatic rings. The van der Waals surface area contributed by atoms with Crippen LogP contribution in [0.15, 0.2) is 36.7 Å². The highest BCUT2D eigenvalue weighted by Gasteiger charge is 2.04. The molecule has 0 spiro atoms. The van der Waals surface area contributed by atoms with Crippen molar-refractivity contribution in [2.45, 2.75) is 13.3 Å². The van der Waals surface area contributed by atoms with E-state index in [0.717, 1.165) is 22.8 Å². The van der Waals surface area contributed by atoms with Crippen molar-refractivity contribution in [2.24, 2.45) is 0 Å². The Hall–Kier alpha value is -1.77. The monoisotopic (exact) mass is 219 g/mol. The quantitative estimate of drug-likeness (QED) is 0.755. The SMILES string of the molecule is Cc1ccncc1Cc1ccc(F)c(F)c1. The lowest BCUT2D eigenvalue weighted by molar-refractivity contribution is 0.507. The lowest BCUT2D eigenvalue weighted by Crippen LogP contribution is -1.94. The molecule has 0 radical (unpaired) electrons. The molecule has 0 saturated heterocycles. The van der Waals surface area contributed by atoms with Crippen molar-refractivity contribution in [3.05, 3.63) is 65.0 Å². The number of benzene rings is 1. The van der Waals surface area contributed by atoms with Gasteiger partial charge in [0.1, 0.15) is 0 Å². The van der Waals surface area contributed by atoms with Crippen molar-refractivity contribution in [2.75, 3.05) is 0 Å². The van der Waals surface area contributed by atoms with E-state index in [9.17, 15) is 8.78 Å². The summed E-state index contributed by atoms with van der Waals surface area (Å²) in [7, 11) is 0. The van der Waals surface area contributed by atoms with Crippen LogP contribution in [0, 0.1) is 18.6 Å². The van der Waals surface area contributed by atoms with Crippen LogP contribution in [-0.2, 0) is 6.42 Å². The summed E-state index contributed by atoms with van der Waals surface area (Å²) in [4.78, 5) is 4.01. The van der Waals surface area contributed by atoms with Gasteiger partial charge in [0.25, 0.3) is 0 Å². The molecule has 82 valence electrons. The molecule has 0 bridgehead atoms. The molecule has 1 heterocycles. The van der Waals surface area contributed by atoms with E-state index in [1.807, 2.05) is 13.0 Å². The first-order chi connectivity index (χ1) is 7.66. The van der Waals surface area contributed by atoms with Gasteiger partial charge in [0.05, 0.1) is 0 Å². The molecular formula is C13H11F2N. The number of aryl methyl sites for hydroxylation is 1. The van der Waals surface area contributed by atoms with Crippen LogP contribution in [0.2, 0.25) is 0 Å². The van der Waals surface area contributed by atoms with Crippen LogP contribution in [0.5, 0.6) is 0 Å². The number of hydrogen-bond donors (Lipinski definition) is 0. The zero-order valence-corrected chi connectivity index (χ0v) is 8.87. The normalized spacial score (nSPS) is 10.4. The third-order valence-corrected chi connectivity index (χ3v) is 2.53. The fourth-order valence-corrected chi connectivity index (χ4v) is 1.55. The molecule has 1 aromatic heterocycles. The molecule has 0 aliphatic heterocycles. The molecule has 3 heteroatoms. The van der Waals surface area contributed by atoms with Crippen molar-refractivity contribution >= 4 is 0 Å². The highest BCUT2D eigenvalue weighted by atomic mass is 19.2. The summed E-state index contributed by atoms with van der Waals surface area (Å²) < 4.78 is 25.7. The number of hydrogen-bond acceptors (Lipinski definition) is 1. The molecule has 0 fully saturated rings. The summed E-state index contributed by atoms with van der Waals surface area (Å²) in [5.74, 6) is -1.62. The number of aromatic nitrogens is 1. The van der Waals surface area contributed by atoms with Gasteiger partial charge in [-0.3, -0.25) is 4.98 Å². The molecule has 1 nitrogen and oxygen atoms in total. The third-order valence-electron chi connectivity index (χ3n) is 2.53. The van der Waals surface area contributed by atoms with Crippen molar-refractivity contribution in [3.63, 3.8) is 0 Å². The van der Waals surface area contributed by atoms with Gasteiger partial charge in [-0.1, -0.05) is 6.07 Å². The van der Waals surface area contributed by atoms with E-state index in [1.165, 1.54) is 6.07 Å². The van der Waals surface area contributed by atoms with E-state index < -0.39 is 11.6 Å². The maximum absolute atomic E-state index is 13.0. The summed E-state index contributed by atoms with van der Waals surface area (Å²) in [5.41, 5.74) is 2.86. The first-order valence-electron chi connectivity index (χ1n) is 5.00. The molecule has 1 aromatic carbocycles. The van der Waals surface area contributed by atoms with Gasteiger partial charge in [0, 0.05) is 12.4 Å². The maximum Gasteiger partial charge on any atom is 0.159 e. The first-order valence-corrected chi connectivity index (χ1v) is 5.00. The summed E-state index contributed by atoms with van der Waals surface area (Å²) >= 11 is 0. The topological polar surface area (TPSA) is 12.9 Å². The molecule has 2 rings (SSSR count). The van der Waals surface area contributed by atoms with Gasteiger partial charge in [-0.05, 0) is 48.2 Å². The number of rotatable bonds is 2. The van der Waals surface area contributed by atoms with Crippen LogP contribution in [-0.4, -0.2) is 4.98 Å². The largest absolute Gasteiger partial charge is 0.264 e. The minimum absolute atomic E-state index is 0.566. The predicted octanol–water partition coefficient (Wildman–Crippen LogP) is 3.26. The molecule has 16 heavy (non-hydrogen) atoms. The molecule has 0 unspecified atom stereocenters. The highest BCUT2D eigenvalue weighted by molar-refractivity contribution is 5.29. The van der Waals surface area contributed by atoms with E-state index in [0.29, 0.717) is 6.42 Å². The second-order valence-electron chi connectivity index (χ2n) is 3.73. The van der Waals surface area contributed by atoms with E-state index in [4.69, 9.17) is 0 Å². The van der Waals surface area contributed by atoms with Crippen molar-refractivity contribution in [1.82, 2.24) is 4.98 Å². The van der Waals surface area contributed by atoms with Gasteiger partial charge in [-0.2, -0.15) is 0 Å². The Morgan fingerprint density at radius 1 is 1.12 bits per heavy atom. The van der Waals surface area contributed by atoms with Crippen molar-refractivity contribution in [3.8, 4) is 0 Å².